The van der Waals surface area contributed by atoms with Crippen molar-refractivity contribution in [2.45, 2.75) is 24.7 Å². The van der Waals surface area contributed by atoms with Crippen LogP contribution in [0.5, 0.6) is 0 Å². The molecule has 0 heterocycles. The second-order valence-corrected chi connectivity index (χ2v) is 5.37. The van der Waals surface area contributed by atoms with E-state index in [4.69, 9.17) is 10.2 Å². The number of hydrogen-bond acceptors (Lipinski definition) is 4. The van der Waals surface area contributed by atoms with Gasteiger partial charge in [0.15, 0.2) is 5.78 Å². The van der Waals surface area contributed by atoms with E-state index in [2.05, 4.69) is 0 Å². The largest absolute Gasteiger partial charge is 0.481 e. The lowest BCUT2D eigenvalue weighted by Crippen LogP contribution is -2.15. The van der Waals surface area contributed by atoms with E-state index < -0.39 is 21.8 Å². The molecule has 7 heteroatoms. The molecule has 6 nitrogen and oxygen atoms in total. The average molecular weight is 271 g/mol. The van der Waals surface area contributed by atoms with E-state index in [9.17, 15) is 18.0 Å². The second kappa shape index (κ2) is 5.28. The van der Waals surface area contributed by atoms with Crippen LogP contribution in [0.25, 0.3) is 0 Å². The van der Waals surface area contributed by atoms with Crippen LogP contribution < -0.4 is 5.14 Å². The zero-order valence-corrected chi connectivity index (χ0v) is 10.5. The van der Waals surface area contributed by atoms with E-state index in [0.29, 0.717) is 5.56 Å². The zero-order valence-electron chi connectivity index (χ0n) is 9.71. The highest BCUT2D eigenvalue weighted by Gasteiger charge is 2.15. The number of sulfonamides is 1. The molecule has 0 saturated heterocycles. The first-order chi connectivity index (χ1) is 8.21. The Morgan fingerprint density at radius 3 is 2.39 bits per heavy atom. The van der Waals surface area contributed by atoms with Gasteiger partial charge < -0.3 is 5.11 Å². The van der Waals surface area contributed by atoms with Crippen LogP contribution >= 0.6 is 0 Å². The summed E-state index contributed by atoms with van der Waals surface area (Å²) in [7, 11) is -3.89. The van der Waals surface area contributed by atoms with Crippen molar-refractivity contribution < 1.29 is 23.1 Å². The fourth-order valence-electron chi connectivity index (χ4n) is 1.44. The number of ketones is 1. The van der Waals surface area contributed by atoms with E-state index in [-0.39, 0.29) is 23.3 Å². The third kappa shape index (κ3) is 3.64. The van der Waals surface area contributed by atoms with Crippen LogP contribution in [0.2, 0.25) is 0 Å². The molecular weight excluding hydrogens is 258 g/mol. The van der Waals surface area contributed by atoms with Gasteiger partial charge in [-0.05, 0) is 18.6 Å². The zero-order chi connectivity index (χ0) is 13.9. The highest BCUT2D eigenvalue weighted by molar-refractivity contribution is 7.89. The molecule has 0 aliphatic carbocycles. The van der Waals surface area contributed by atoms with Crippen molar-refractivity contribution in [1.29, 1.82) is 0 Å². The van der Waals surface area contributed by atoms with E-state index in [1.807, 2.05) is 0 Å². The molecule has 3 N–H and O–H groups in total. The number of aliphatic carboxylic acids is 1. The molecule has 1 aromatic rings. The summed E-state index contributed by atoms with van der Waals surface area (Å²) in [6.45, 7) is 1.56. The minimum absolute atomic E-state index is 0.122. The normalized spacial score (nSPS) is 11.2. The fraction of sp³-hybridized carbons (Fsp3) is 0.273. The van der Waals surface area contributed by atoms with Gasteiger partial charge in [-0.1, -0.05) is 12.1 Å². The number of nitrogens with two attached hydrogens (primary N) is 1. The number of carbonyl (C=O) groups is 2. The van der Waals surface area contributed by atoms with Crippen LogP contribution in [0.15, 0.2) is 23.1 Å². The molecule has 0 aromatic heterocycles. The number of carboxylic acids is 1. The predicted octanol–water partition coefficient (Wildman–Crippen LogP) is 0.690. The minimum atomic E-state index is -3.89. The molecule has 0 fully saturated rings. The van der Waals surface area contributed by atoms with Crippen molar-refractivity contribution in [3.05, 3.63) is 29.3 Å². The number of carboxylic acid groups (broad SMARTS) is 1. The Hall–Kier alpha value is -1.73. The maximum Gasteiger partial charge on any atom is 0.303 e. The number of carbonyl (C=O) groups excluding carboxylic acids is 1. The number of Topliss-reactive ketones (excluding diaryl/α,β-unsaturated/α-hetero) is 1. The summed E-state index contributed by atoms with van der Waals surface area (Å²) in [5, 5.41) is 13.5. The van der Waals surface area contributed by atoms with Gasteiger partial charge in [0.25, 0.3) is 0 Å². The van der Waals surface area contributed by atoms with Crippen molar-refractivity contribution in [2.24, 2.45) is 5.14 Å². The fourth-order valence-corrected chi connectivity index (χ4v) is 2.25. The minimum Gasteiger partial charge on any atom is -0.481 e. The molecule has 0 amide bonds. The van der Waals surface area contributed by atoms with Crippen LogP contribution in [-0.4, -0.2) is 25.3 Å². The Bertz CT molecular complexity index is 591. The van der Waals surface area contributed by atoms with Crippen LogP contribution in [0.4, 0.5) is 0 Å². The molecule has 1 rings (SSSR count). The Morgan fingerprint density at radius 1 is 1.28 bits per heavy atom. The molecule has 98 valence electrons. The van der Waals surface area contributed by atoms with Gasteiger partial charge in [0.1, 0.15) is 0 Å². The molecule has 0 saturated carbocycles. The van der Waals surface area contributed by atoms with Gasteiger partial charge in [-0.25, -0.2) is 13.6 Å². The van der Waals surface area contributed by atoms with Crippen LogP contribution in [0.3, 0.4) is 0 Å². The monoisotopic (exact) mass is 271 g/mol. The number of primary sulfonamides is 1. The number of aryl methyl sites for hydroxylation is 1. The maximum atomic E-state index is 11.6. The van der Waals surface area contributed by atoms with Gasteiger partial charge in [0, 0.05) is 12.0 Å². The molecular formula is C11H13NO5S. The maximum absolute atomic E-state index is 11.6. The first-order valence-corrected chi connectivity index (χ1v) is 6.65. The lowest BCUT2D eigenvalue weighted by atomic mass is 10.1. The lowest BCUT2D eigenvalue weighted by Gasteiger charge is -2.06. The first kappa shape index (κ1) is 14.3. The Kier molecular flexibility index (Phi) is 4.20. The second-order valence-electron chi connectivity index (χ2n) is 3.84. The third-order valence-electron chi connectivity index (χ3n) is 2.38. The van der Waals surface area contributed by atoms with Crippen LogP contribution in [-0.2, 0) is 14.8 Å². The van der Waals surface area contributed by atoms with E-state index in [1.54, 1.807) is 6.92 Å². The van der Waals surface area contributed by atoms with Crippen molar-refractivity contribution >= 4 is 21.8 Å². The van der Waals surface area contributed by atoms with Crippen molar-refractivity contribution in [1.82, 2.24) is 0 Å². The summed E-state index contributed by atoms with van der Waals surface area (Å²) in [5.41, 5.74) is 0.582. The summed E-state index contributed by atoms with van der Waals surface area (Å²) in [6.07, 6.45) is -0.472. The molecule has 0 atom stereocenters. The van der Waals surface area contributed by atoms with Gasteiger partial charge in [0.05, 0.1) is 11.3 Å². The third-order valence-corrected chi connectivity index (χ3v) is 3.44. The molecule has 0 bridgehead atoms. The molecule has 0 radical (unpaired) electrons. The summed E-state index contributed by atoms with van der Waals surface area (Å²) < 4.78 is 22.5. The number of rotatable bonds is 5. The van der Waals surface area contributed by atoms with Crippen LogP contribution in [0, 0.1) is 6.92 Å². The highest BCUT2D eigenvalue weighted by Crippen LogP contribution is 2.17. The van der Waals surface area contributed by atoms with Gasteiger partial charge in [-0.15, -0.1) is 0 Å². The first-order valence-electron chi connectivity index (χ1n) is 5.10. The quantitative estimate of drug-likeness (QED) is 0.764. The Labute approximate surface area is 104 Å². The standard InChI is InChI=1S/C11H13NO5S/c1-7-2-3-8(6-10(7)18(12,16)17)9(13)4-5-11(14)15/h2-3,6H,4-5H2,1H3,(H,14,15)(H2,12,16,17). The molecule has 1 aromatic carbocycles. The van der Waals surface area contributed by atoms with E-state index in [1.165, 1.54) is 18.2 Å². The van der Waals surface area contributed by atoms with Gasteiger partial charge in [-0.2, -0.15) is 0 Å². The smallest absolute Gasteiger partial charge is 0.303 e. The topological polar surface area (TPSA) is 115 Å². The van der Waals surface area contributed by atoms with Crippen molar-refractivity contribution in [3.8, 4) is 0 Å². The molecule has 18 heavy (non-hydrogen) atoms. The van der Waals surface area contributed by atoms with Crippen LogP contribution in [0.1, 0.15) is 28.8 Å². The van der Waals surface area contributed by atoms with Gasteiger partial charge in [0.2, 0.25) is 10.0 Å². The Balaban J connectivity index is 3.06. The summed E-state index contributed by atoms with van der Waals surface area (Å²) in [4.78, 5) is 21.9. The molecule has 0 spiro atoms. The van der Waals surface area contributed by atoms with E-state index in [0.717, 1.165) is 0 Å². The van der Waals surface area contributed by atoms with Gasteiger partial charge in [-0.3, -0.25) is 9.59 Å². The van der Waals surface area contributed by atoms with Crippen molar-refractivity contribution in [3.63, 3.8) is 0 Å². The summed E-state index contributed by atoms with van der Waals surface area (Å²) in [5.74, 6) is -1.51. The molecule has 0 aliphatic rings. The number of hydrogen-bond donors (Lipinski definition) is 2. The summed E-state index contributed by atoms with van der Waals surface area (Å²) >= 11 is 0. The lowest BCUT2D eigenvalue weighted by molar-refractivity contribution is -0.136. The van der Waals surface area contributed by atoms with Crippen molar-refractivity contribution in [2.75, 3.05) is 0 Å². The van der Waals surface area contributed by atoms with E-state index >= 15 is 0 Å². The highest BCUT2D eigenvalue weighted by atomic mass is 32.2. The molecule has 0 unspecified atom stereocenters. The average Bonchev–Trinajstić information content (AvgIpc) is 2.24. The SMILES string of the molecule is Cc1ccc(C(=O)CCC(=O)O)cc1S(N)(=O)=O. The number of benzene rings is 1. The summed E-state index contributed by atoms with van der Waals surface area (Å²) in [6, 6.07) is 4.09. The Morgan fingerprint density at radius 2 is 1.89 bits per heavy atom. The predicted molar refractivity (Wildman–Crippen MR) is 63.8 cm³/mol. The molecule has 0 aliphatic heterocycles. The van der Waals surface area contributed by atoms with Gasteiger partial charge >= 0.3 is 5.97 Å².